The molecule has 1 aliphatic heterocycles. The molecule has 4 nitrogen and oxygen atoms in total. The smallest absolute Gasteiger partial charge is 0.170 e. The molecule has 1 fully saturated rings. The molecule has 1 N–H and O–H groups in total. The number of halogens is 1. The minimum absolute atomic E-state index is 0.169. The highest BCUT2D eigenvalue weighted by Crippen LogP contribution is 2.22. The Morgan fingerprint density at radius 3 is 3.05 bits per heavy atom. The van der Waals surface area contributed by atoms with Crippen molar-refractivity contribution in [2.24, 2.45) is 0 Å². The molecule has 0 amide bonds. The lowest BCUT2D eigenvalue weighted by molar-refractivity contribution is 0.0379. The Kier molecular flexibility index (Phi) is 5.31. The lowest BCUT2D eigenvalue weighted by Crippen LogP contribution is -2.43. The predicted molar refractivity (Wildman–Crippen MR) is 78.4 cm³/mol. The molecule has 1 saturated heterocycles. The monoisotopic (exact) mass is 281 g/mol. The van der Waals surface area contributed by atoms with Crippen LogP contribution in [0.3, 0.4) is 0 Å². The third-order valence-corrected chi connectivity index (χ3v) is 3.55. The van der Waals surface area contributed by atoms with Gasteiger partial charge in [-0.1, -0.05) is 20.8 Å². The molecule has 1 aromatic rings. The van der Waals surface area contributed by atoms with Gasteiger partial charge in [0.15, 0.2) is 11.6 Å². The van der Waals surface area contributed by atoms with E-state index in [-0.39, 0.29) is 11.9 Å². The quantitative estimate of drug-likeness (QED) is 0.899. The third kappa shape index (κ3) is 3.67. The number of morpholine rings is 1. The van der Waals surface area contributed by atoms with Gasteiger partial charge < -0.3 is 15.0 Å². The molecule has 0 spiro atoms. The van der Waals surface area contributed by atoms with Crippen molar-refractivity contribution in [3.8, 4) is 0 Å². The van der Waals surface area contributed by atoms with Gasteiger partial charge in [0.05, 0.1) is 12.7 Å². The maximum Gasteiger partial charge on any atom is 0.170 e. The molecule has 2 rings (SSSR count). The van der Waals surface area contributed by atoms with Crippen LogP contribution in [0.2, 0.25) is 0 Å². The molecule has 0 aliphatic carbocycles. The summed E-state index contributed by atoms with van der Waals surface area (Å²) in [4.78, 5) is 6.22. The molecule has 20 heavy (non-hydrogen) atoms. The van der Waals surface area contributed by atoms with E-state index < -0.39 is 0 Å². The zero-order valence-corrected chi connectivity index (χ0v) is 12.5. The molecule has 2 heterocycles. The van der Waals surface area contributed by atoms with Crippen LogP contribution in [0.1, 0.15) is 32.8 Å². The first kappa shape index (κ1) is 15.2. The van der Waals surface area contributed by atoms with Crippen molar-refractivity contribution in [3.63, 3.8) is 0 Å². The summed E-state index contributed by atoms with van der Waals surface area (Å²) in [5.41, 5.74) is 0.670. The minimum Gasteiger partial charge on any atom is -0.375 e. The zero-order chi connectivity index (χ0) is 14.5. The molecule has 1 aliphatic rings. The van der Waals surface area contributed by atoms with Crippen molar-refractivity contribution in [1.82, 2.24) is 10.3 Å². The molecule has 1 aromatic heterocycles. The minimum atomic E-state index is -0.211. The molecule has 1 atom stereocenters. The van der Waals surface area contributed by atoms with Crippen molar-refractivity contribution < 1.29 is 9.13 Å². The zero-order valence-electron chi connectivity index (χ0n) is 12.5. The fourth-order valence-electron chi connectivity index (χ4n) is 2.30. The Morgan fingerprint density at radius 1 is 1.55 bits per heavy atom. The molecule has 112 valence electrons. The van der Waals surface area contributed by atoms with Gasteiger partial charge in [-0.2, -0.15) is 0 Å². The van der Waals surface area contributed by atoms with Crippen molar-refractivity contribution in [3.05, 3.63) is 23.6 Å². The summed E-state index contributed by atoms with van der Waals surface area (Å²) in [5.74, 6) is 0.243. The van der Waals surface area contributed by atoms with Gasteiger partial charge in [-0.25, -0.2) is 9.37 Å². The number of ether oxygens (including phenoxy) is 1. The number of anilines is 1. The van der Waals surface area contributed by atoms with Crippen LogP contribution < -0.4 is 10.2 Å². The first-order valence-electron chi connectivity index (χ1n) is 7.35. The predicted octanol–water partition coefficient (Wildman–Crippen LogP) is 2.33. The van der Waals surface area contributed by atoms with E-state index in [1.165, 1.54) is 0 Å². The lowest BCUT2D eigenvalue weighted by atomic mass is 10.2. The van der Waals surface area contributed by atoms with Gasteiger partial charge in [0.1, 0.15) is 0 Å². The average Bonchev–Trinajstić information content (AvgIpc) is 2.46. The van der Waals surface area contributed by atoms with Gasteiger partial charge >= 0.3 is 0 Å². The van der Waals surface area contributed by atoms with E-state index in [2.05, 4.69) is 17.2 Å². The number of hydrogen-bond acceptors (Lipinski definition) is 4. The Hall–Kier alpha value is -1.20. The molecule has 0 aromatic carbocycles. The second kappa shape index (κ2) is 6.99. The van der Waals surface area contributed by atoms with E-state index >= 15 is 0 Å². The Labute approximate surface area is 120 Å². The van der Waals surface area contributed by atoms with Gasteiger partial charge in [0.25, 0.3) is 0 Å². The normalized spacial score (nSPS) is 19.6. The van der Waals surface area contributed by atoms with Crippen LogP contribution in [0.25, 0.3) is 0 Å². The van der Waals surface area contributed by atoms with E-state index in [9.17, 15) is 4.39 Å². The molecule has 1 unspecified atom stereocenters. The Bertz CT molecular complexity index is 439. The number of nitrogens with zero attached hydrogens (tertiary/aromatic N) is 2. The molecular formula is C15H24FN3O. The summed E-state index contributed by atoms with van der Waals surface area (Å²) >= 11 is 0. The maximum absolute atomic E-state index is 14.6. The van der Waals surface area contributed by atoms with E-state index in [0.29, 0.717) is 43.7 Å². The number of nitrogens with one attached hydrogen (secondary N) is 1. The van der Waals surface area contributed by atoms with Crippen LogP contribution in [0.4, 0.5) is 10.2 Å². The number of aromatic nitrogens is 1. The van der Waals surface area contributed by atoms with Gasteiger partial charge in [-0.05, 0) is 12.5 Å². The Morgan fingerprint density at radius 2 is 2.35 bits per heavy atom. The van der Waals surface area contributed by atoms with Crippen molar-refractivity contribution in [1.29, 1.82) is 0 Å². The van der Waals surface area contributed by atoms with Crippen LogP contribution in [-0.2, 0) is 11.3 Å². The van der Waals surface area contributed by atoms with Gasteiger partial charge in [-0.3, -0.25) is 0 Å². The first-order valence-corrected chi connectivity index (χ1v) is 7.35. The molecule has 5 heteroatoms. The van der Waals surface area contributed by atoms with Crippen molar-refractivity contribution in [2.75, 3.05) is 24.6 Å². The van der Waals surface area contributed by atoms with Gasteiger partial charge in [-0.15, -0.1) is 0 Å². The highest BCUT2D eigenvalue weighted by Gasteiger charge is 2.23. The molecule has 0 bridgehead atoms. The topological polar surface area (TPSA) is 37.4 Å². The second-order valence-corrected chi connectivity index (χ2v) is 5.49. The highest BCUT2D eigenvalue weighted by atomic mass is 19.1. The van der Waals surface area contributed by atoms with Gasteiger partial charge in [0, 0.05) is 37.4 Å². The van der Waals surface area contributed by atoms with Crippen molar-refractivity contribution >= 4 is 5.82 Å². The fraction of sp³-hybridized carbons (Fsp3) is 0.667. The highest BCUT2D eigenvalue weighted by molar-refractivity contribution is 5.43. The van der Waals surface area contributed by atoms with E-state index in [0.717, 1.165) is 6.42 Å². The van der Waals surface area contributed by atoms with E-state index in [4.69, 9.17) is 4.74 Å². The third-order valence-electron chi connectivity index (χ3n) is 3.55. The summed E-state index contributed by atoms with van der Waals surface area (Å²) in [6, 6.07) is 2.07. The summed E-state index contributed by atoms with van der Waals surface area (Å²) in [7, 11) is 0. The summed E-state index contributed by atoms with van der Waals surface area (Å²) < 4.78 is 20.2. The van der Waals surface area contributed by atoms with Crippen LogP contribution in [-0.4, -0.2) is 36.8 Å². The number of pyridine rings is 1. The van der Waals surface area contributed by atoms with Crippen LogP contribution >= 0.6 is 0 Å². The maximum atomic E-state index is 14.6. The van der Waals surface area contributed by atoms with E-state index in [1.54, 1.807) is 12.3 Å². The van der Waals surface area contributed by atoms with Gasteiger partial charge in [0.2, 0.25) is 0 Å². The summed E-state index contributed by atoms with van der Waals surface area (Å²) in [5, 5.41) is 3.24. The fourth-order valence-corrected chi connectivity index (χ4v) is 2.30. The van der Waals surface area contributed by atoms with Crippen LogP contribution in [0, 0.1) is 5.82 Å². The molecule has 0 radical (unpaired) electrons. The summed E-state index contributed by atoms with van der Waals surface area (Å²) in [6.45, 7) is 8.75. The first-order chi connectivity index (χ1) is 9.61. The lowest BCUT2D eigenvalue weighted by Gasteiger charge is -2.33. The second-order valence-electron chi connectivity index (χ2n) is 5.49. The summed E-state index contributed by atoms with van der Waals surface area (Å²) in [6.07, 6.45) is 2.79. The largest absolute Gasteiger partial charge is 0.375 e. The Balaban J connectivity index is 2.13. The van der Waals surface area contributed by atoms with E-state index in [1.807, 2.05) is 18.7 Å². The van der Waals surface area contributed by atoms with Crippen molar-refractivity contribution in [2.45, 2.75) is 45.9 Å². The molecular weight excluding hydrogens is 257 g/mol. The standard InChI is InChI=1S/C15H24FN3O/c1-4-13-10-19(7-8-20-13)15-14(16)12(5-6-17-15)9-18-11(2)3/h5-6,11,13,18H,4,7-10H2,1-3H3. The van der Waals surface area contributed by atoms with Crippen LogP contribution in [0.5, 0.6) is 0 Å². The molecule has 0 saturated carbocycles. The average molecular weight is 281 g/mol. The van der Waals surface area contributed by atoms with Crippen LogP contribution in [0.15, 0.2) is 12.3 Å². The number of hydrogen-bond donors (Lipinski definition) is 1. The number of rotatable bonds is 5. The SMILES string of the molecule is CCC1CN(c2nccc(CNC(C)C)c2F)CCO1.